The second kappa shape index (κ2) is 5.60. The van der Waals surface area contributed by atoms with Gasteiger partial charge in [0.05, 0.1) is 6.04 Å². The number of allylic oxidation sites excluding steroid dienone is 1. The quantitative estimate of drug-likeness (QED) is 0.400. The molecule has 1 rings (SSSR count). The third kappa shape index (κ3) is 2.70. The van der Waals surface area contributed by atoms with Crippen molar-refractivity contribution in [3.63, 3.8) is 0 Å². The molecular formula is C11H18N2O. The van der Waals surface area contributed by atoms with Crippen LogP contribution in [0.25, 0.3) is 0 Å². The summed E-state index contributed by atoms with van der Waals surface area (Å²) >= 11 is 0. The minimum atomic E-state index is -0.222. The van der Waals surface area contributed by atoms with Crippen LogP contribution in [0.15, 0.2) is 23.4 Å². The van der Waals surface area contributed by atoms with E-state index in [1.54, 1.807) is 13.2 Å². The number of carbonyl (C=O) groups is 1. The average Bonchev–Trinajstić information content (AvgIpc) is 2.26. The molecule has 0 amide bonds. The Morgan fingerprint density at radius 2 is 2.43 bits per heavy atom. The van der Waals surface area contributed by atoms with Crippen LogP contribution in [0, 0.1) is 0 Å². The molecule has 0 bridgehead atoms. The van der Waals surface area contributed by atoms with E-state index in [4.69, 9.17) is 5.73 Å². The molecule has 3 heteroatoms. The van der Waals surface area contributed by atoms with E-state index in [-0.39, 0.29) is 6.04 Å². The summed E-state index contributed by atoms with van der Waals surface area (Å²) in [6.45, 7) is 0. The number of aldehydes is 1. The normalized spacial score (nSPS) is 19.9. The molecule has 0 fully saturated rings. The van der Waals surface area contributed by atoms with Gasteiger partial charge in [-0.15, -0.1) is 0 Å². The molecule has 0 saturated heterocycles. The maximum atomic E-state index is 10.8. The maximum Gasteiger partial charge on any atom is 0.149 e. The molecule has 1 aliphatic carbocycles. The molecule has 1 atom stereocenters. The lowest BCUT2D eigenvalue weighted by Gasteiger charge is -2.19. The van der Waals surface area contributed by atoms with Gasteiger partial charge in [0.2, 0.25) is 0 Å². The van der Waals surface area contributed by atoms with Crippen LogP contribution in [-0.4, -0.2) is 19.4 Å². The van der Waals surface area contributed by atoms with Crippen molar-refractivity contribution in [2.75, 3.05) is 7.05 Å². The van der Waals surface area contributed by atoms with Crippen molar-refractivity contribution in [1.82, 2.24) is 5.32 Å². The molecule has 0 radical (unpaired) electrons. The van der Waals surface area contributed by atoms with Gasteiger partial charge >= 0.3 is 0 Å². The molecule has 0 saturated carbocycles. The Balaban J connectivity index is 2.70. The van der Waals surface area contributed by atoms with Crippen LogP contribution in [0.1, 0.15) is 25.7 Å². The Hall–Kier alpha value is -1.09. The zero-order chi connectivity index (χ0) is 10.4. The molecule has 0 aromatic rings. The third-order valence-corrected chi connectivity index (χ3v) is 2.53. The highest BCUT2D eigenvalue weighted by atomic mass is 16.1. The van der Waals surface area contributed by atoms with Crippen LogP contribution in [0.5, 0.6) is 0 Å². The fourth-order valence-corrected chi connectivity index (χ4v) is 1.72. The van der Waals surface area contributed by atoms with Crippen molar-refractivity contribution in [1.29, 1.82) is 0 Å². The van der Waals surface area contributed by atoms with E-state index in [0.717, 1.165) is 19.1 Å². The van der Waals surface area contributed by atoms with E-state index >= 15 is 0 Å². The fourth-order valence-electron chi connectivity index (χ4n) is 1.72. The summed E-state index contributed by atoms with van der Waals surface area (Å²) in [5.41, 5.74) is 7.81. The van der Waals surface area contributed by atoms with Gasteiger partial charge < -0.3 is 11.1 Å². The van der Waals surface area contributed by atoms with E-state index in [1.165, 1.54) is 18.4 Å². The van der Waals surface area contributed by atoms with Crippen LogP contribution >= 0.6 is 0 Å². The number of nitrogens with one attached hydrogen (secondary N) is 1. The molecule has 0 heterocycles. The largest absolute Gasteiger partial charge is 0.394 e. The molecule has 0 aromatic carbocycles. The van der Waals surface area contributed by atoms with Gasteiger partial charge in [0.25, 0.3) is 0 Å². The molecule has 1 aliphatic rings. The summed E-state index contributed by atoms with van der Waals surface area (Å²) in [7, 11) is 1.77. The third-order valence-electron chi connectivity index (χ3n) is 2.53. The van der Waals surface area contributed by atoms with Gasteiger partial charge in [0.1, 0.15) is 6.29 Å². The minimum absolute atomic E-state index is 0.222. The van der Waals surface area contributed by atoms with E-state index in [0.29, 0.717) is 5.57 Å². The van der Waals surface area contributed by atoms with Gasteiger partial charge in [-0.05, 0) is 25.7 Å². The van der Waals surface area contributed by atoms with Gasteiger partial charge in [0, 0.05) is 18.8 Å². The summed E-state index contributed by atoms with van der Waals surface area (Å²) in [5, 5.41) is 2.84. The molecular weight excluding hydrogens is 176 g/mol. The Morgan fingerprint density at radius 3 is 2.93 bits per heavy atom. The summed E-state index contributed by atoms with van der Waals surface area (Å²) in [5.74, 6) is 0. The van der Waals surface area contributed by atoms with E-state index < -0.39 is 0 Å². The first kappa shape index (κ1) is 11.0. The molecule has 78 valence electrons. The lowest BCUT2D eigenvalue weighted by molar-refractivity contribution is -0.105. The predicted octanol–water partition coefficient (Wildman–Crippen LogP) is 1.12. The van der Waals surface area contributed by atoms with Crippen molar-refractivity contribution in [2.45, 2.75) is 31.7 Å². The number of nitrogens with two attached hydrogens (primary N) is 1. The lowest BCUT2D eigenvalue weighted by Crippen LogP contribution is -2.28. The van der Waals surface area contributed by atoms with E-state index in [1.807, 2.05) is 0 Å². The predicted molar refractivity (Wildman–Crippen MR) is 57.7 cm³/mol. The first-order valence-corrected chi connectivity index (χ1v) is 5.06. The highest BCUT2D eigenvalue weighted by molar-refractivity contribution is 5.76. The van der Waals surface area contributed by atoms with Crippen LogP contribution in [0.4, 0.5) is 0 Å². The molecule has 3 nitrogen and oxygen atoms in total. The molecule has 0 unspecified atom stereocenters. The lowest BCUT2D eigenvalue weighted by atomic mass is 9.91. The highest BCUT2D eigenvalue weighted by Gasteiger charge is 2.15. The second-order valence-corrected chi connectivity index (χ2v) is 3.55. The van der Waals surface area contributed by atoms with E-state index in [2.05, 4.69) is 11.4 Å². The Bertz CT molecular complexity index is 256. The van der Waals surface area contributed by atoms with Gasteiger partial charge in [-0.25, -0.2) is 0 Å². The first-order chi connectivity index (χ1) is 6.79. The van der Waals surface area contributed by atoms with Crippen molar-refractivity contribution in [3.05, 3.63) is 23.4 Å². The minimum Gasteiger partial charge on any atom is -0.394 e. The monoisotopic (exact) mass is 194 g/mol. The summed E-state index contributed by atoms with van der Waals surface area (Å²) in [6.07, 6.45) is 9.21. The summed E-state index contributed by atoms with van der Waals surface area (Å²) in [6, 6.07) is -0.222. The number of rotatable bonds is 4. The van der Waals surface area contributed by atoms with Gasteiger partial charge in [-0.2, -0.15) is 0 Å². The standard InChI is InChI=1S/C11H18N2O/c1-13-7-10(8-14)11(12)9-5-3-2-4-6-9/h5,7-8,11,13H,2-4,6,12H2,1H3/b10-7-/t11-/m0/s1. The van der Waals surface area contributed by atoms with Crippen molar-refractivity contribution in [3.8, 4) is 0 Å². The zero-order valence-corrected chi connectivity index (χ0v) is 8.62. The molecule has 14 heavy (non-hydrogen) atoms. The van der Waals surface area contributed by atoms with Crippen LogP contribution in [0.2, 0.25) is 0 Å². The summed E-state index contributed by atoms with van der Waals surface area (Å²) in [4.78, 5) is 10.8. The van der Waals surface area contributed by atoms with Gasteiger partial charge in [-0.1, -0.05) is 11.6 Å². The first-order valence-electron chi connectivity index (χ1n) is 5.06. The van der Waals surface area contributed by atoms with Gasteiger partial charge in [0.15, 0.2) is 0 Å². The molecule has 3 N–H and O–H groups in total. The molecule has 0 aromatic heterocycles. The molecule has 0 aliphatic heterocycles. The topological polar surface area (TPSA) is 55.1 Å². The number of hydrogen-bond donors (Lipinski definition) is 2. The summed E-state index contributed by atoms with van der Waals surface area (Å²) < 4.78 is 0. The fraction of sp³-hybridized carbons (Fsp3) is 0.545. The van der Waals surface area contributed by atoms with Crippen molar-refractivity contribution >= 4 is 6.29 Å². The average molecular weight is 194 g/mol. The van der Waals surface area contributed by atoms with Crippen LogP contribution in [-0.2, 0) is 4.79 Å². The van der Waals surface area contributed by atoms with Crippen LogP contribution < -0.4 is 11.1 Å². The maximum absolute atomic E-state index is 10.8. The SMILES string of the molecule is CN/C=C(/C=O)[C@@H](N)C1=CCCCC1. The van der Waals surface area contributed by atoms with Crippen molar-refractivity contribution < 1.29 is 4.79 Å². The highest BCUT2D eigenvalue weighted by Crippen LogP contribution is 2.21. The number of hydrogen-bond acceptors (Lipinski definition) is 3. The van der Waals surface area contributed by atoms with E-state index in [9.17, 15) is 4.79 Å². The Morgan fingerprint density at radius 1 is 1.64 bits per heavy atom. The number of carbonyl (C=O) groups excluding carboxylic acids is 1. The molecule has 0 spiro atoms. The Kier molecular flexibility index (Phi) is 4.40. The zero-order valence-electron chi connectivity index (χ0n) is 8.62. The second-order valence-electron chi connectivity index (χ2n) is 3.55. The van der Waals surface area contributed by atoms with Crippen LogP contribution in [0.3, 0.4) is 0 Å². The van der Waals surface area contributed by atoms with Gasteiger partial charge in [-0.3, -0.25) is 4.79 Å². The smallest absolute Gasteiger partial charge is 0.149 e. The van der Waals surface area contributed by atoms with Crippen molar-refractivity contribution in [2.24, 2.45) is 5.73 Å². The Labute approximate surface area is 85.1 Å².